The summed E-state index contributed by atoms with van der Waals surface area (Å²) in [7, 11) is 6.34. The largest absolute Gasteiger partial charge is 0.493 e. The van der Waals surface area contributed by atoms with E-state index in [2.05, 4.69) is 5.32 Å². The van der Waals surface area contributed by atoms with Gasteiger partial charge in [-0.25, -0.2) is 0 Å². The smallest absolute Gasteiger partial charge is 0.220 e. The Morgan fingerprint density at radius 2 is 1.39 bits per heavy atom. The molecule has 3 rings (SSSR count). The molecule has 7 heteroatoms. The number of ether oxygens (including phenoxy) is 5. The van der Waals surface area contributed by atoms with E-state index in [9.17, 15) is 4.79 Å². The van der Waals surface area contributed by atoms with Crippen molar-refractivity contribution in [2.45, 2.75) is 38.8 Å². The summed E-state index contributed by atoms with van der Waals surface area (Å²) in [5, 5.41) is 3.08. The summed E-state index contributed by atoms with van der Waals surface area (Å²) in [6, 6.07) is 19.6. The summed E-state index contributed by atoms with van der Waals surface area (Å²) in [6.45, 7) is 2.46. The number of rotatable bonds is 13. The Morgan fingerprint density at radius 3 is 2.00 bits per heavy atom. The standard InChI is InChI=1S/C29H35NO6/c1-20(30-28(31)14-12-23-17-26(33-3)29(35-5)27(18-23)34-4)15-22-11-13-24(25(16-22)32-2)36-19-21-9-7-6-8-10-21/h6-11,13,16-18,20H,12,14-15,19H2,1-5H3,(H,30,31)/t20-/m1/s1. The number of hydrogen-bond donors (Lipinski definition) is 1. The van der Waals surface area contributed by atoms with E-state index in [1.807, 2.05) is 67.6 Å². The molecular formula is C29H35NO6. The number of carbonyl (C=O) groups is 1. The van der Waals surface area contributed by atoms with Crippen molar-refractivity contribution in [3.63, 3.8) is 0 Å². The molecule has 0 bridgehead atoms. The van der Waals surface area contributed by atoms with Gasteiger partial charge in [-0.3, -0.25) is 4.79 Å². The maximum absolute atomic E-state index is 12.6. The van der Waals surface area contributed by atoms with Crippen molar-refractivity contribution in [2.24, 2.45) is 0 Å². The van der Waals surface area contributed by atoms with Crippen LogP contribution in [0, 0.1) is 0 Å². The second-order valence-corrected chi connectivity index (χ2v) is 8.47. The summed E-state index contributed by atoms with van der Waals surface area (Å²) in [5.41, 5.74) is 3.07. The first-order chi connectivity index (χ1) is 17.5. The molecule has 0 saturated heterocycles. The lowest BCUT2D eigenvalue weighted by atomic mass is 10.1. The molecule has 0 radical (unpaired) electrons. The zero-order valence-corrected chi connectivity index (χ0v) is 21.6. The molecule has 1 amide bonds. The summed E-state index contributed by atoms with van der Waals surface area (Å²) in [6.07, 6.45) is 1.57. The number of aryl methyl sites for hydroxylation is 1. The number of benzene rings is 3. The highest BCUT2D eigenvalue weighted by Gasteiger charge is 2.15. The second-order valence-electron chi connectivity index (χ2n) is 8.47. The lowest BCUT2D eigenvalue weighted by Crippen LogP contribution is -2.34. The first-order valence-corrected chi connectivity index (χ1v) is 11.9. The molecule has 0 aliphatic heterocycles. The van der Waals surface area contributed by atoms with E-state index in [0.29, 0.717) is 54.6 Å². The minimum absolute atomic E-state index is 0.0222. The van der Waals surface area contributed by atoms with Crippen LogP contribution in [0.5, 0.6) is 28.7 Å². The van der Waals surface area contributed by atoms with Crippen LogP contribution in [0.3, 0.4) is 0 Å². The molecule has 0 fully saturated rings. The van der Waals surface area contributed by atoms with Crippen molar-refractivity contribution in [1.29, 1.82) is 0 Å². The third-order valence-electron chi connectivity index (χ3n) is 5.78. The Balaban J connectivity index is 1.54. The maximum Gasteiger partial charge on any atom is 0.220 e. The van der Waals surface area contributed by atoms with Gasteiger partial charge in [0.15, 0.2) is 23.0 Å². The molecule has 0 aliphatic carbocycles. The van der Waals surface area contributed by atoms with E-state index >= 15 is 0 Å². The third kappa shape index (κ3) is 7.31. The Hall–Kier alpha value is -3.87. The highest BCUT2D eigenvalue weighted by Crippen LogP contribution is 2.38. The summed E-state index contributed by atoms with van der Waals surface area (Å²) in [4.78, 5) is 12.6. The van der Waals surface area contributed by atoms with Gasteiger partial charge in [-0.2, -0.15) is 0 Å². The van der Waals surface area contributed by atoms with Gasteiger partial charge in [0.2, 0.25) is 11.7 Å². The van der Waals surface area contributed by atoms with Crippen molar-refractivity contribution in [1.82, 2.24) is 5.32 Å². The van der Waals surface area contributed by atoms with Gasteiger partial charge in [0, 0.05) is 12.5 Å². The predicted molar refractivity (Wildman–Crippen MR) is 139 cm³/mol. The molecule has 0 spiro atoms. The first kappa shape index (κ1) is 26.7. The van der Waals surface area contributed by atoms with Gasteiger partial charge >= 0.3 is 0 Å². The molecule has 0 unspecified atom stereocenters. The van der Waals surface area contributed by atoms with Gasteiger partial charge < -0.3 is 29.0 Å². The molecule has 1 atom stereocenters. The van der Waals surface area contributed by atoms with Crippen LogP contribution in [0.4, 0.5) is 0 Å². The number of methoxy groups -OCH3 is 4. The van der Waals surface area contributed by atoms with Crippen LogP contribution in [0.1, 0.15) is 30.0 Å². The van der Waals surface area contributed by atoms with Gasteiger partial charge in [-0.1, -0.05) is 36.4 Å². The normalized spacial score (nSPS) is 11.4. The van der Waals surface area contributed by atoms with Crippen LogP contribution in [-0.2, 0) is 24.2 Å². The highest BCUT2D eigenvalue weighted by atomic mass is 16.5. The summed E-state index contributed by atoms with van der Waals surface area (Å²) in [5.74, 6) is 3.02. The van der Waals surface area contributed by atoms with Gasteiger partial charge in [0.05, 0.1) is 28.4 Å². The predicted octanol–water partition coefficient (Wildman–Crippen LogP) is 4.98. The van der Waals surface area contributed by atoms with Crippen LogP contribution in [0.15, 0.2) is 60.7 Å². The molecule has 7 nitrogen and oxygen atoms in total. The Kier molecular flexibility index (Phi) is 9.86. The average Bonchev–Trinajstić information content (AvgIpc) is 2.90. The zero-order valence-electron chi connectivity index (χ0n) is 21.6. The van der Waals surface area contributed by atoms with Crippen molar-refractivity contribution < 1.29 is 28.5 Å². The second kappa shape index (κ2) is 13.3. The number of hydrogen-bond acceptors (Lipinski definition) is 6. The van der Waals surface area contributed by atoms with E-state index in [1.54, 1.807) is 28.4 Å². The third-order valence-corrected chi connectivity index (χ3v) is 5.78. The van der Waals surface area contributed by atoms with Crippen LogP contribution in [0.25, 0.3) is 0 Å². The summed E-state index contributed by atoms with van der Waals surface area (Å²) >= 11 is 0. The quantitative estimate of drug-likeness (QED) is 0.362. The van der Waals surface area contributed by atoms with Gasteiger partial charge in [-0.15, -0.1) is 0 Å². The molecule has 0 heterocycles. The minimum atomic E-state index is -0.0433. The van der Waals surface area contributed by atoms with Gasteiger partial charge in [0.25, 0.3) is 0 Å². The van der Waals surface area contributed by atoms with Crippen LogP contribution < -0.4 is 29.0 Å². The highest BCUT2D eigenvalue weighted by molar-refractivity contribution is 5.76. The lowest BCUT2D eigenvalue weighted by molar-refractivity contribution is -0.121. The molecule has 1 N–H and O–H groups in total. The molecule has 3 aromatic rings. The molecule has 0 aromatic heterocycles. The van der Waals surface area contributed by atoms with E-state index in [1.165, 1.54) is 0 Å². The first-order valence-electron chi connectivity index (χ1n) is 11.9. The molecular weight excluding hydrogens is 458 g/mol. The Bertz CT molecular complexity index is 1110. The number of nitrogens with one attached hydrogen (secondary N) is 1. The molecule has 0 saturated carbocycles. The average molecular weight is 494 g/mol. The molecule has 192 valence electrons. The van der Waals surface area contributed by atoms with E-state index in [-0.39, 0.29) is 11.9 Å². The zero-order chi connectivity index (χ0) is 25.9. The summed E-state index contributed by atoms with van der Waals surface area (Å²) < 4.78 is 27.6. The fourth-order valence-corrected chi connectivity index (χ4v) is 3.98. The van der Waals surface area contributed by atoms with Crippen LogP contribution in [0.2, 0.25) is 0 Å². The van der Waals surface area contributed by atoms with Crippen molar-refractivity contribution in [2.75, 3.05) is 28.4 Å². The Labute approximate surface area is 213 Å². The fourth-order valence-electron chi connectivity index (χ4n) is 3.98. The van der Waals surface area contributed by atoms with Crippen LogP contribution >= 0.6 is 0 Å². The monoisotopic (exact) mass is 493 g/mol. The number of carbonyl (C=O) groups excluding carboxylic acids is 1. The van der Waals surface area contributed by atoms with Crippen LogP contribution in [-0.4, -0.2) is 40.4 Å². The fraction of sp³-hybridized carbons (Fsp3) is 0.345. The van der Waals surface area contributed by atoms with Gasteiger partial charge in [0.1, 0.15) is 6.61 Å². The van der Waals surface area contributed by atoms with E-state index < -0.39 is 0 Å². The Morgan fingerprint density at radius 1 is 0.750 bits per heavy atom. The van der Waals surface area contributed by atoms with E-state index in [4.69, 9.17) is 23.7 Å². The van der Waals surface area contributed by atoms with Gasteiger partial charge in [-0.05, 0) is 60.7 Å². The van der Waals surface area contributed by atoms with Crippen molar-refractivity contribution in [3.05, 3.63) is 77.4 Å². The topological polar surface area (TPSA) is 75.3 Å². The minimum Gasteiger partial charge on any atom is -0.493 e. The molecule has 0 aliphatic rings. The van der Waals surface area contributed by atoms with Crippen molar-refractivity contribution >= 4 is 5.91 Å². The maximum atomic E-state index is 12.6. The van der Waals surface area contributed by atoms with E-state index in [0.717, 1.165) is 16.7 Å². The van der Waals surface area contributed by atoms with Crippen molar-refractivity contribution in [3.8, 4) is 28.7 Å². The number of amides is 1. The lowest BCUT2D eigenvalue weighted by Gasteiger charge is -2.17. The molecule has 3 aromatic carbocycles. The SMILES string of the molecule is COc1cc(C[C@@H](C)NC(=O)CCc2cc(OC)c(OC)c(OC)c2)ccc1OCc1ccccc1. The molecule has 36 heavy (non-hydrogen) atoms.